The number of anilines is 1. The molecule has 0 aliphatic carbocycles. The molecule has 4 nitrogen and oxygen atoms in total. The molecule has 1 atom stereocenters. The lowest BCUT2D eigenvalue weighted by Gasteiger charge is -2.18. The fourth-order valence-electron chi connectivity index (χ4n) is 1.61. The monoisotopic (exact) mass is 208 g/mol. The van der Waals surface area contributed by atoms with Crippen molar-refractivity contribution in [2.75, 3.05) is 26.4 Å². The second kappa shape index (κ2) is 5.09. The molecule has 1 heterocycles. The van der Waals surface area contributed by atoms with Crippen LogP contribution in [0.3, 0.4) is 0 Å². The molecule has 0 amide bonds. The molecular weight excluding hydrogens is 188 g/mol. The van der Waals surface area contributed by atoms with Crippen LogP contribution in [0.5, 0.6) is 0 Å². The SMILES string of the molecule is Cc1ccnc(N)c1C(N)CCN(C)C. The van der Waals surface area contributed by atoms with Crippen molar-refractivity contribution in [1.82, 2.24) is 9.88 Å². The van der Waals surface area contributed by atoms with Gasteiger partial charge in [-0.05, 0) is 45.6 Å². The molecule has 1 aromatic rings. The van der Waals surface area contributed by atoms with Gasteiger partial charge in [0.25, 0.3) is 0 Å². The number of pyridine rings is 1. The predicted molar refractivity (Wildman–Crippen MR) is 63.5 cm³/mol. The Balaban J connectivity index is 2.77. The van der Waals surface area contributed by atoms with Crippen molar-refractivity contribution in [1.29, 1.82) is 0 Å². The second-order valence-corrected chi connectivity index (χ2v) is 4.13. The second-order valence-electron chi connectivity index (χ2n) is 4.13. The van der Waals surface area contributed by atoms with Gasteiger partial charge < -0.3 is 16.4 Å². The van der Waals surface area contributed by atoms with Crippen LogP contribution in [0.15, 0.2) is 12.3 Å². The lowest BCUT2D eigenvalue weighted by molar-refractivity contribution is 0.382. The molecule has 84 valence electrons. The number of hydrogen-bond donors (Lipinski definition) is 2. The Morgan fingerprint density at radius 3 is 2.67 bits per heavy atom. The summed E-state index contributed by atoms with van der Waals surface area (Å²) in [4.78, 5) is 6.19. The topological polar surface area (TPSA) is 68.2 Å². The summed E-state index contributed by atoms with van der Waals surface area (Å²) in [7, 11) is 4.07. The number of aromatic nitrogens is 1. The van der Waals surface area contributed by atoms with Crippen LogP contribution in [-0.4, -0.2) is 30.5 Å². The average Bonchev–Trinajstić information content (AvgIpc) is 2.14. The molecule has 15 heavy (non-hydrogen) atoms. The quantitative estimate of drug-likeness (QED) is 0.772. The molecule has 0 saturated carbocycles. The maximum atomic E-state index is 6.10. The van der Waals surface area contributed by atoms with Crippen molar-refractivity contribution in [3.05, 3.63) is 23.4 Å². The highest BCUT2D eigenvalue weighted by Gasteiger charge is 2.13. The van der Waals surface area contributed by atoms with Crippen LogP contribution in [0.1, 0.15) is 23.6 Å². The largest absolute Gasteiger partial charge is 0.383 e. The van der Waals surface area contributed by atoms with Gasteiger partial charge in [0.1, 0.15) is 5.82 Å². The molecule has 0 aromatic carbocycles. The molecule has 0 aliphatic heterocycles. The summed E-state index contributed by atoms with van der Waals surface area (Å²) < 4.78 is 0. The van der Waals surface area contributed by atoms with E-state index >= 15 is 0 Å². The van der Waals surface area contributed by atoms with Crippen LogP contribution in [0.4, 0.5) is 5.82 Å². The van der Waals surface area contributed by atoms with E-state index in [1.54, 1.807) is 6.20 Å². The highest BCUT2D eigenvalue weighted by molar-refractivity contribution is 5.45. The minimum absolute atomic E-state index is 0.0268. The third kappa shape index (κ3) is 3.18. The van der Waals surface area contributed by atoms with Crippen molar-refractivity contribution < 1.29 is 0 Å². The van der Waals surface area contributed by atoms with Gasteiger partial charge in [0.2, 0.25) is 0 Å². The van der Waals surface area contributed by atoms with Gasteiger partial charge in [-0.2, -0.15) is 0 Å². The smallest absolute Gasteiger partial charge is 0.128 e. The van der Waals surface area contributed by atoms with Crippen molar-refractivity contribution >= 4 is 5.82 Å². The summed E-state index contributed by atoms with van der Waals surface area (Å²) >= 11 is 0. The highest BCUT2D eigenvalue weighted by atomic mass is 15.0. The summed E-state index contributed by atoms with van der Waals surface area (Å²) in [5.74, 6) is 0.557. The van der Waals surface area contributed by atoms with Crippen molar-refractivity contribution in [3.8, 4) is 0 Å². The molecule has 0 fully saturated rings. The molecule has 0 radical (unpaired) electrons. The van der Waals surface area contributed by atoms with E-state index in [-0.39, 0.29) is 6.04 Å². The molecule has 0 saturated heterocycles. The molecule has 0 bridgehead atoms. The van der Waals surface area contributed by atoms with Gasteiger partial charge in [-0.3, -0.25) is 0 Å². The average molecular weight is 208 g/mol. The Kier molecular flexibility index (Phi) is 4.05. The third-order valence-corrected chi connectivity index (χ3v) is 2.50. The van der Waals surface area contributed by atoms with Crippen molar-refractivity contribution in [2.24, 2.45) is 5.73 Å². The van der Waals surface area contributed by atoms with Crippen LogP contribution < -0.4 is 11.5 Å². The summed E-state index contributed by atoms with van der Waals surface area (Å²) in [5, 5.41) is 0. The molecule has 1 unspecified atom stereocenters. The minimum atomic E-state index is -0.0268. The summed E-state index contributed by atoms with van der Waals surface area (Å²) in [6.45, 7) is 2.97. The Morgan fingerprint density at radius 1 is 1.47 bits per heavy atom. The number of hydrogen-bond acceptors (Lipinski definition) is 4. The summed E-state index contributed by atoms with van der Waals surface area (Å²) in [5.41, 5.74) is 14.0. The molecular formula is C11H20N4. The van der Waals surface area contributed by atoms with E-state index in [1.807, 2.05) is 27.1 Å². The number of nitrogens with two attached hydrogens (primary N) is 2. The minimum Gasteiger partial charge on any atom is -0.383 e. The van der Waals surface area contributed by atoms with Crippen LogP contribution in [0.25, 0.3) is 0 Å². The summed E-state index contributed by atoms with van der Waals surface area (Å²) in [6, 6.07) is 1.92. The maximum Gasteiger partial charge on any atom is 0.128 e. The van der Waals surface area contributed by atoms with Gasteiger partial charge in [-0.25, -0.2) is 4.98 Å². The number of nitrogens with zero attached hydrogens (tertiary/aromatic N) is 2. The summed E-state index contributed by atoms with van der Waals surface area (Å²) in [6.07, 6.45) is 2.61. The van der Waals surface area contributed by atoms with E-state index < -0.39 is 0 Å². The van der Waals surface area contributed by atoms with Crippen LogP contribution in [-0.2, 0) is 0 Å². The third-order valence-electron chi connectivity index (χ3n) is 2.50. The Hall–Kier alpha value is -1.13. The molecule has 0 aliphatic rings. The zero-order chi connectivity index (χ0) is 11.4. The molecule has 4 N–H and O–H groups in total. The van der Waals surface area contributed by atoms with E-state index in [9.17, 15) is 0 Å². The lowest BCUT2D eigenvalue weighted by Crippen LogP contribution is -2.21. The first-order chi connectivity index (χ1) is 7.02. The van der Waals surface area contributed by atoms with Gasteiger partial charge in [0, 0.05) is 17.8 Å². The first-order valence-corrected chi connectivity index (χ1v) is 5.13. The van der Waals surface area contributed by atoms with E-state index in [0.29, 0.717) is 5.82 Å². The van der Waals surface area contributed by atoms with E-state index in [0.717, 1.165) is 24.1 Å². The Bertz CT molecular complexity index is 302. The lowest BCUT2D eigenvalue weighted by atomic mass is 10.0. The first-order valence-electron chi connectivity index (χ1n) is 5.13. The van der Waals surface area contributed by atoms with Crippen molar-refractivity contribution in [3.63, 3.8) is 0 Å². The van der Waals surface area contributed by atoms with Gasteiger partial charge >= 0.3 is 0 Å². The zero-order valence-electron chi connectivity index (χ0n) is 9.70. The zero-order valence-corrected chi connectivity index (χ0v) is 9.70. The predicted octanol–water partition coefficient (Wildman–Crippen LogP) is 0.924. The Morgan fingerprint density at radius 2 is 2.13 bits per heavy atom. The van der Waals surface area contributed by atoms with Gasteiger partial charge in [0.05, 0.1) is 0 Å². The fraction of sp³-hybridized carbons (Fsp3) is 0.545. The Labute approximate surface area is 91.3 Å². The first kappa shape index (κ1) is 11.9. The number of nitrogen functional groups attached to an aromatic ring is 1. The highest BCUT2D eigenvalue weighted by Crippen LogP contribution is 2.22. The molecule has 1 rings (SSSR count). The number of rotatable bonds is 4. The van der Waals surface area contributed by atoms with Crippen LogP contribution >= 0.6 is 0 Å². The molecule has 0 spiro atoms. The van der Waals surface area contributed by atoms with Gasteiger partial charge in [-0.1, -0.05) is 0 Å². The van der Waals surface area contributed by atoms with Crippen molar-refractivity contribution in [2.45, 2.75) is 19.4 Å². The molecule has 4 heteroatoms. The van der Waals surface area contributed by atoms with E-state index in [2.05, 4.69) is 9.88 Å². The fourth-order valence-corrected chi connectivity index (χ4v) is 1.61. The van der Waals surface area contributed by atoms with Crippen LogP contribution in [0, 0.1) is 6.92 Å². The van der Waals surface area contributed by atoms with E-state index in [1.165, 1.54) is 0 Å². The van der Waals surface area contributed by atoms with Gasteiger partial charge in [-0.15, -0.1) is 0 Å². The van der Waals surface area contributed by atoms with E-state index in [4.69, 9.17) is 11.5 Å². The number of aryl methyl sites for hydroxylation is 1. The standard InChI is InChI=1S/C11H20N4/c1-8-4-6-14-11(13)10(8)9(12)5-7-15(2)3/h4,6,9H,5,7,12H2,1-3H3,(H2,13,14). The molecule has 1 aromatic heterocycles. The maximum absolute atomic E-state index is 6.10. The normalized spacial score (nSPS) is 13.1. The van der Waals surface area contributed by atoms with Crippen LogP contribution in [0.2, 0.25) is 0 Å². The van der Waals surface area contributed by atoms with Gasteiger partial charge in [0.15, 0.2) is 0 Å².